The molecule has 0 bridgehead atoms. The fourth-order valence-corrected chi connectivity index (χ4v) is 3.68. The summed E-state index contributed by atoms with van der Waals surface area (Å²) in [5.41, 5.74) is 0.139. The van der Waals surface area contributed by atoms with Crippen molar-refractivity contribution in [1.29, 1.82) is 0 Å². The average molecular weight is 312 g/mol. The molecule has 3 nitrogen and oxygen atoms in total. The zero-order valence-electron chi connectivity index (χ0n) is 10.1. The zero-order chi connectivity index (χ0) is 12.2. The van der Waals surface area contributed by atoms with Crippen LogP contribution in [0.25, 0.3) is 0 Å². The Balaban J connectivity index is 2.58. The third kappa shape index (κ3) is 3.70. The van der Waals surface area contributed by atoms with Gasteiger partial charge in [0.25, 0.3) is 0 Å². The van der Waals surface area contributed by atoms with E-state index in [0.717, 1.165) is 18.2 Å². The Kier molecular flexibility index (Phi) is 5.26. The number of rotatable bonds is 5. The molecule has 5 heteroatoms. The quantitative estimate of drug-likeness (QED) is 0.793. The second-order valence-electron chi connectivity index (χ2n) is 5.11. The number of alkyl halides is 1. The predicted molar refractivity (Wildman–Crippen MR) is 71.4 cm³/mol. The standard InChI is InChI=1S/C11H22BrNO2S/c1-10(2)16(14,15)13-9-11(8-12)6-4-3-5-7-11/h10,13H,3-9H2,1-2H3. The number of nitrogens with one attached hydrogen (secondary N) is 1. The summed E-state index contributed by atoms with van der Waals surface area (Å²) in [6.07, 6.45) is 5.97. The van der Waals surface area contributed by atoms with E-state index in [-0.39, 0.29) is 10.7 Å². The lowest BCUT2D eigenvalue weighted by atomic mass is 9.76. The fraction of sp³-hybridized carbons (Fsp3) is 1.00. The van der Waals surface area contributed by atoms with Crippen LogP contribution in [0.1, 0.15) is 46.0 Å². The van der Waals surface area contributed by atoms with Gasteiger partial charge in [0.2, 0.25) is 10.0 Å². The summed E-state index contributed by atoms with van der Waals surface area (Å²) >= 11 is 3.54. The van der Waals surface area contributed by atoms with Crippen molar-refractivity contribution in [2.24, 2.45) is 5.41 Å². The van der Waals surface area contributed by atoms with Crippen LogP contribution in [-0.2, 0) is 10.0 Å². The summed E-state index contributed by atoms with van der Waals surface area (Å²) in [5, 5.41) is 0.545. The summed E-state index contributed by atoms with van der Waals surface area (Å²) in [6, 6.07) is 0. The minimum absolute atomic E-state index is 0.139. The molecular formula is C11H22BrNO2S. The highest BCUT2D eigenvalue weighted by atomic mass is 79.9. The second-order valence-corrected chi connectivity index (χ2v) is 7.99. The molecule has 0 aliphatic heterocycles. The van der Waals surface area contributed by atoms with E-state index in [1.165, 1.54) is 19.3 Å². The van der Waals surface area contributed by atoms with Gasteiger partial charge in [0.05, 0.1) is 5.25 Å². The molecule has 1 aliphatic rings. The molecule has 0 saturated heterocycles. The van der Waals surface area contributed by atoms with Gasteiger partial charge in [-0.25, -0.2) is 13.1 Å². The van der Waals surface area contributed by atoms with Gasteiger partial charge in [-0.15, -0.1) is 0 Å². The first kappa shape index (κ1) is 14.5. The molecule has 1 saturated carbocycles. The van der Waals surface area contributed by atoms with E-state index in [0.29, 0.717) is 6.54 Å². The Labute approximate surface area is 108 Å². The van der Waals surface area contributed by atoms with Gasteiger partial charge in [-0.1, -0.05) is 35.2 Å². The molecule has 16 heavy (non-hydrogen) atoms. The van der Waals surface area contributed by atoms with E-state index in [1.54, 1.807) is 13.8 Å². The minimum atomic E-state index is -3.12. The van der Waals surface area contributed by atoms with E-state index in [4.69, 9.17) is 0 Å². The monoisotopic (exact) mass is 311 g/mol. The first-order chi connectivity index (χ1) is 7.42. The molecule has 1 fully saturated rings. The van der Waals surface area contributed by atoms with Crippen molar-refractivity contribution in [3.8, 4) is 0 Å². The van der Waals surface area contributed by atoms with Gasteiger partial charge >= 0.3 is 0 Å². The van der Waals surface area contributed by atoms with Crippen LogP contribution < -0.4 is 4.72 Å². The Bertz CT molecular complexity index is 308. The topological polar surface area (TPSA) is 46.2 Å². The van der Waals surface area contributed by atoms with Crippen molar-refractivity contribution in [3.63, 3.8) is 0 Å². The highest BCUT2D eigenvalue weighted by Crippen LogP contribution is 2.37. The molecule has 0 unspecified atom stereocenters. The molecule has 0 spiro atoms. The molecule has 0 heterocycles. The zero-order valence-corrected chi connectivity index (χ0v) is 12.5. The Hall–Kier alpha value is 0.390. The first-order valence-electron chi connectivity index (χ1n) is 5.96. The molecule has 0 radical (unpaired) electrons. The summed E-state index contributed by atoms with van der Waals surface area (Å²) in [4.78, 5) is 0. The molecule has 1 N–H and O–H groups in total. The van der Waals surface area contributed by atoms with Gasteiger partial charge in [0.1, 0.15) is 0 Å². The smallest absolute Gasteiger partial charge is 0.213 e. The van der Waals surface area contributed by atoms with Crippen molar-refractivity contribution in [2.45, 2.75) is 51.2 Å². The van der Waals surface area contributed by atoms with Gasteiger partial charge in [-0.3, -0.25) is 0 Å². The van der Waals surface area contributed by atoms with E-state index >= 15 is 0 Å². The number of halogens is 1. The van der Waals surface area contributed by atoms with Crippen LogP contribution in [0.3, 0.4) is 0 Å². The predicted octanol–water partition coefficient (Wildman–Crippen LogP) is 2.66. The first-order valence-corrected chi connectivity index (χ1v) is 8.63. The van der Waals surface area contributed by atoms with E-state index in [2.05, 4.69) is 20.7 Å². The molecule has 96 valence electrons. The van der Waals surface area contributed by atoms with Gasteiger partial charge in [-0.2, -0.15) is 0 Å². The molecule has 0 aromatic rings. The van der Waals surface area contributed by atoms with E-state index in [1.807, 2.05) is 0 Å². The molecule has 0 aromatic heterocycles. The van der Waals surface area contributed by atoms with E-state index in [9.17, 15) is 8.42 Å². The average Bonchev–Trinajstić information content (AvgIpc) is 2.28. The third-order valence-corrected chi connectivity index (χ3v) is 6.44. The van der Waals surface area contributed by atoms with Crippen LogP contribution in [0.4, 0.5) is 0 Å². The summed E-state index contributed by atoms with van der Waals surface area (Å²) < 4.78 is 26.2. The van der Waals surface area contributed by atoms with Crippen LogP contribution in [-0.4, -0.2) is 25.5 Å². The molecule has 0 amide bonds. The Morgan fingerprint density at radius 1 is 1.25 bits per heavy atom. The minimum Gasteiger partial charge on any atom is -0.214 e. The van der Waals surface area contributed by atoms with Crippen molar-refractivity contribution >= 4 is 26.0 Å². The van der Waals surface area contributed by atoms with Crippen LogP contribution in [0, 0.1) is 5.41 Å². The highest BCUT2D eigenvalue weighted by Gasteiger charge is 2.32. The van der Waals surface area contributed by atoms with Crippen molar-refractivity contribution in [1.82, 2.24) is 4.72 Å². The third-order valence-electron chi connectivity index (χ3n) is 3.47. The normalized spacial score (nSPS) is 21.2. The highest BCUT2D eigenvalue weighted by molar-refractivity contribution is 9.09. The van der Waals surface area contributed by atoms with Crippen LogP contribution in [0.5, 0.6) is 0 Å². The molecule has 0 atom stereocenters. The molecule has 0 aromatic carbocycles. The van der Waals surface area contributed by atoms with Gasteiger partial charge in [0, 0.05) is 11.9 Å². The molecular weight excluding hydrogens is 290 g/mol. The summed E-state index contributed by atoms with van der Waals surface area (Å²) in [6.45, 7) is 4.01. The SMILES string of the molecule is CC(C)S(=O)(=O)NCC1(CBr)CCCCC1. The van der Waals surface area contributed by atoms with Crippen molar-refractivity contribution in [2.75, 3.05) is 11.9 Å². The van der Waals surface area contributed by atoms with Crippen LogP contribution >= 0.6 is 15.9 Å². The Morgan fingerprint density at radius 3 is 2.25 bits per heavy atom. The van der Waals surface area contributed by atoms with Gasteiger partial charge < -0.3 is 0 Å². The van der Waals surface area contributed by atoms with Gasteiger partial charge in [-0.05, 0) is 32.1 Å². The largest absolute Gasteiger partial charge is 0.214 e. The van der Waals surface area contributed by atoms with Crippen molar-refractivity contribution in [3.05, 3.63) is 0 Å². The number of hydrogen-bond acceptors (Lipinski definition) is 2. The molecule has 1 aliphatic carbocycles. The number of sulfonamides is 1. The lowest BCUT2D eigenvalue weighted by Crippen LogP contribution is -2.42. The summed E-state index contributed by atoms with van der Waals surface area (Å²) in [7, 11) is -3.12. The maximum atomic E-state index is 11.7. The number of hydrogen-bond donors (Lipinski definition) is 1. The van der Waals surface area contributed by atoms with Gasteiger partial charge in [0.15, 0.2) is 0 Å². The van der Waals surface area contributed by atoms with Crippen LogP contribution in [0.15, 0.2) is 0 Å². The van der Waals surface area contributed by atoms with E-state index < -0.39 is 10.0 Å². The maximum Gasteiger partial charge on any atom is 0.213 e. The maximum absolute atomic E-state index is 11.7. The lowest BCUT2D eigenvalue weighted by Gasteiger charge is -2.36. The second kappa shape index (κ2) is 5.83. The molecule has 1 rings (SSSR count). The fourth-order valence-electron chi connectivity index (χ4n) is 2.08. The summed E-state index contributed by atoms with van der Waals surface area (Å²) in [5.74, 6) is 0. The van der Waals surface area contributed by atoms with Crippen molar-refractivity contribution < 1.29 is 8.42 Å². The Morgan fingerprint density at radius 2 is 1.81 bits per heavy atom. The lowest BCUT2D eigenvalue weighted by molar-refractivity contribution is 0.227. The van der Waals surface area contributed by atoms with Crippen LogP contribution in [0.2, 0.25) is 0 Å².